The molecule has 22 heavy (non-hydrogen) atoms. The summed E-state index contributed by atoms with van der Waals surface area (Å²) in [4.78, 5) is 18.5. The molecular formula is C16H32N4O2. The van der Waals surface area contributed by atoms with Crippen LogP contribution in [0.2, 0.25) is 0 Å². The molecule has 0 saturated carbocycles. The molecule has 1 amide bonds. The lowest BCUT2D eigenvalue weighted by atomic mass is 10.2. The van der Waals surface area contributed by atoms with Crippen LogP contribution in [0.3, 0.4) is 0 Å². The molecule has 0 aromatic heterocycles. The zero-order valence-electron chi connectivity index (χ0n) is 14.4. The van der Waals surface area contributed by atoms with Crippen LogP contribution in [0.25, 0.3) is 0 Å². The van der Waals surface area contributed by atoms with E-state index in [1.165, 1.54) is 6.42 Å². The Kier molecular flexibility index (Phi) is 9.62. The number of amides is 1. The van der Waals surface area contributed by atoms with Crippen molar-refractivity contribution in [2.24, 2.45) is 4.99 Å². The lowest BCUT2D eigenvalue weighted by Crippen LogP contribution is -2.44. The summed E-state index contributed by atoms with van der Waals surface area (Å²) < 4.78 is 5.12. The fourth-order valence-corrected chi connectivity index (χ4v) is 2.57. The van der Waals surface area contributed by atoms with Gasteiger partial charge in [0.15, 0.2) is 5.96 Å². The van der Waals surface area contributed by atoms with Gasteiger partial charge in [0, 0.05) is 45.8 Å². The molecule has 1 aliphatic rings. The zero-order chi connectivity index (χ0) is 16.2. The second-order valence-corrected chi connectivity index (χ2v) is 5.81. The minimum atomic E-state index is 0.218. The van der Waals surface area contributed by atoms with Gasteiger partial charge in [0.2, 0.25) is 5.91 Å². The lowest BCUT2D eigenvalue weighted by Gasteiger charge is -2.20. The normalized spacial score (nSPS) is 18.0. The maximum Gasteiger partial charge on any atom is 0.222 e. The Balaban J connectivity index is 2.34. The van der Waals surface area contributed by atoms with Crippen molar-refractivity contribution < 1.29 is 9.53 Å². The number of ether oxygens (including phenoxy) is 1. The molecule has 1 aliphatic heterocycles. The number of hydrogen-bond donors (Lipinski definition) is 2. The lowest BCUT2D eigenvalue weighted by molar-refractivity contribution is -0.130. The van der Waals surface area contributed by atoms with Crippen LogP contribution >= 0.6 is 0 Å². The largest absolute Gasteiger partial charge is 0.383 e. The number of carbonyl (C=O) groups is 1. The third kappa shape index (κ3) is 7.64. The van der Waals surface area contributed by atoms with E-state index in [0.717, 1.165) is 51.4 Å². The fourth-order valence-electron chi connectivity index (χ4n) is 2.57. The molecule has 1 rings (SSSR count). The average molecular weight is 312 g/mol. The van der Waals surface area contributed by atoms with E-state index < -0.39 is 0 Å². The second-order valence-electron chi connectivity index (χ2n) is 5.81. The van der Waals surface area contributed by atoms with E-state index in [1.54, 1.807) is 7.11 Å². The number of methoxy groups -OCH3 is 1. The number of nitrogens with one attached hydrogen (secondary N) is 2. The highest BCUT2D eigenvalue weighted by molar-refractivity contribution is 5.80. The maximum absolute atomic E-state index is 11.9. The van der Waals surface area contributed by atoms with Gasteiger partial charge in [-0.2, -0.15) is 0 Å². The van der Waals surface area contributed by atoms with Gasteiger partial charge in [-0.25, -0.2) is 0 Å². The summed E-state index contributed by atoms with van der Waals surface area (Å²) in [6.45, 7) is 8.03. The predicted molar refractivity (Wildman–Crippen MR) is 90.1 cm³/mol. The van der Waals surface area contributed by atoms with Crippen molar-refractivity contribution in [2.45, 2.75) is 52.0 Å². The number of rotatable bonds is 8. The van der Waals surface area contributed by atoms with E-state index in [-0.39, 0.29) is 6.04 Å². The molecule has 0 aliphatic carbocycles. The van der Waals surface area contributed by atoms with E-state index in [2.05, 4.69) is 22.5 Å². The van der Waals surface area contributed by atoms with Crippen molar-refractivity contribution in [3.63, 3.8) is 0 Å². The van der Waals surface area contributed by atoms with Gasteiger partial charge < -0.3 is 20.3 Å². The van der Waals surface area contributed by atoms with Crippen molar-refractivity contribution in [1.82, 2.24) is 15.5 Å². The van der Waals surface area contributed by atoms with Gasteiger partial charge in [0.05, 0.1) is 6.61 Å². The SMILES string of the molecule is CCNC(=NCCCN1CCCCCC1=O)NC(C)COC. The Labute approximate surface area is 134 Å². The third-order valence-corrected chi connectivity index (χ3v) is 3.67. The molecule has 0 aromatic rings. The van der Waals surface area contributed by atoms with Gasteiger partial charge in [-0.05, 0) is 33.1 Å². The smallest absolute Gasteiger partial charge is 0.222 e. The van der Waals surface area contributed by atoms with Crippen molar-refractivity contribution in [1.29, 1.82) is 0 Å². The summed E-state index contributed by atoms with van der Waals surface area (Å²) in [6, 6.07) is 0.218. The van der Waals surface area contributed by atoms with Crippen LogP contribution < -0.4 is 10.6 Å². The van der Waals surface area contributed by atoms with Gasteiger partial charge >= 0.3 is 0 Å². The number of aliphatic imine (C=N–C) groups is 1. The highest BCUT2D eigenvalue weighted by atomic mass is 16.5. The van der Waals surface area contributed by atoms with Crippen molar-refractivity contribution in [3.05, 3.63) is 0 Å². The molecule has 1 atom stereocenters. The molecule has 128 valence electrons. The minimum Gasteiger partial charge on any atom is -0.383 e. The molecule has 0 bridgehead atoms. The first-order valence-electron chi connectivity index (χ1n) is 8.49. The van der Waals surface area contributed by atoms with Crippen LogP contribution in [-0.4, -0.2) is 62.7 Å². The monoisotopic (exact) mass is 312 g/mol. The van der Waals surface area contributed by atoms with Crippen LogP contribution in [0.15, 0.2) is 4.99 Å². The van der Waals surface area contributed by atoms with E-state index in [9.17, 15) is 4.79 Å². The van der Waals surface area contributed by atoms with Crippen molar-refractivity contribution in [2.75, 3.05) is 39.9 Å². The maximum atomic E-state index is 11.9. The van der Waals surface area contributed by atoms with Gasteiger partial charge in [0.25, 0.3) is 0 Å². The first kappa shape index (κ1) is 18.7. The molecule has 1 fully saturated rings. The Hall–Kier alpha value is -1.30. The molecule has 2 N–H and O–H groups in total. The van der Waals surface area contributed by atoms with Crippen molar-refractivity contribution in [3.8, 4) is 0 Å². The Bertz CT molecular complexity index is 347. The first-order valence-corrected chi connectivity index (χ1v) is 8.49. The second kappa shape index (κ2) is 11.3. The molecule has 1 saturated heterocycles. The van der Waals surface area contributed by atoms with E-state index in [0.29, 0.717) is 18.9 Å². The van der Waals surface area contributed by atoms with Crippen LogP contribution in [0.5, 0.6) is 0 Å². The average Bonchev–Trinajstić information content (AvgIpc) is 2.68. The fraction of sp³-hybridized carbons (Fsp3) is 0.875. The summed E-state index contributed by atoms with van der Waals surface area (Å²) in [7, 11) is 1.69. The molecule has 0 aromatic carbocycles. The van der Waals surface area contributed by atoms with Crippen molar-refractivity contribution >= 4 is 11.9 Å². The van der Waals surface area contributed by atoms with Gasteiger partial charge in [-0.1, -0.05) is 6.42 Å². The standard InChI is InChI=1S/C16H32N4O2/c1-4-17-16(19-14(2)13-22-3)18-10-8-12-20-11-7-5-6-9-15(20)21/h14H,4-13H2,1-3H3,(H2,17,18,19). The molecular weight excluding hydrogens is 280 g/mol. The number of likely N-dealkylation sites (tertiary alicyclic amines) is 1. The van der Waals surface area contributed by atoms with E-state index in [4.69, 9.17) is 4.74 Å². The number of hydrogen-bond acceptors (Lipinski definition) is 3. The summed E-state index contributed by atoms with van der Waals surface area (Å²) in [6.07, 6.45) is 4.96. The summed E-state index contributed by atoms with van der Waals surface area (Å²) in [5.41, 5.74) is 0. The number of guanidine groups is 1. The Morgan fingerprint density at radius 3 is 2.95 bits per heavy atom. The highest BCUT2D eigenvalue weighted by Gasteiger charge is 2.15. The van der Waals surface area contributed by atoms with E-state index >= 15 is 0 Å². The molecule has 6 heteroatoms. The first-order chi connectivity index (χ1) is 10.7. The molecule has 0 radical (unpaired) electrons. The number of carbonyl (C=O) groups excluding carboxylic acids is 1. The Morgan fingerprint density at radius 1 is 1.41 bits per heavy atom. The molecule has 0 spiro atoms. The predicted octanol–water partition coefficient (Wildman–Crippen LogP) is 1.37. The summed E-state index contributed by atoms with van der Waals surface area (Å²) >= 11 is 0. The van der Waals surface area contributed by atoms with Crippen LogP contribution in [0.1, 0.15) is 46.0 Å². The van der Waals surface area contributed by atoms with Gasteiger partial charge in [-0.15, -0.1) is 0 Å². The van der Waals surface area contributed by atoms with Crippen LogP contribution in [-0.2, 0) is 9.53 Å². The molecule has 1 heterocycles. The van der Waals surface area contributed by atoms with Gasteiger partial charge in [-0.3, -0.25) is 9.79 Å². The van der Waals surface area contributed by atoms with E-state index in [1.807, 2.05) is 11.8 Å². The third-order valence-electron chi connectivity index (χ3n) is 3.67. The zero-order valence-corrected chi connectivity index (χ0v) is 14.4. The molecule has 1 unspecified atom stereocenters. The quantitative estimate of drug-likeness (QED) is 0.404. The summed E-state index contributed by atoms with van der Waals surface area (Å²) in [5, 5.41) is 6.54. The highest BCUT2D eigenvalue weighted by Crippen LogP contribution is 2.11. The minimum absolute atomic E-state index is 0.218. The summed E-state index contributed by atoms with van der Waals surface area (Å²) in [5.74, 6) is 1.12. The van der Waals surface area contributed by atoms with Crippen LogP contribution in [0, 0.1) is 0 Å². The molecule has 6 nitrogen and oxygen atoms in total. The number of nitrogens with zero attached hydrogens (tertiary/aromatic N) is 2. The van der Waals surface area contributed by atoms with Crippen LogP contribution in [0.4, 0.5) is 0 Å². The Morgan fingerprint density at radius 2 is 2.23 bits per heavy atom. The topological polar surface area (TPSA) is 66.0 Å². The van der Waals surface area contributed by atoms with Gasteiger partial charge in [0.1, 0.15) is 0 Å².